The topological polar surface area (TPSA) is 52.2 Å². The highest BCUT2D eigenvalue weighted by atomic mass is 32.1. The number of rotatable bonds is 3. The number of aryl methyl sites for hydroxylation is 2. The van der Waals surface area contributed by atoms with Crippen LogP contribution in [-0.4, -0.2) is 14.2 Å². The first-order valence-electron chi connectivity index (χ1n) is 9.98. The third-order valence-electron chi connectivity index (χ3n) is 5.17. The molecule has 5 nitrogen and oxygen atoms in total. The van der Waals surface area contributed by atoms with Crippen molar-refractivity contribution in [3.05, 3.63) is 111 Å². The molecule has 5 rings (SSSR count). The SMILES string of the molecule is Cc1ccc(-n2c(-c3ccccc3)cs/c2=N/n2c(C)nc3ccccc3c2=O)cc1. The fourth-order valence-corrected chi connectivity index (χ4v) is 4.47. The second-order valence-electron chi connectivity index (χ2n) is 7.33. The van der Waals surface area contributed by atoms with Crippen LogP contribution in [0, 0.1) is 13.8 Å². The van der Waals surface area contributed by atoms with Gasteiger partial charge >= 0.3 is 0 Å². The lowest BCUT2D eigenvalue weighted by Crippen LogP contribution is -2.25. The Morgan fingerprint density at radius 1 is 0.871 bits per heavy atom. The smallest absolute Gasteiger partial charge is 0.282 e. The van der Waals surface area contributed by atoms with Gasteiger partial charge in [0, 0.05) is 11.1 Å². The van der Waals surface area contributed by atoms with Gasteiger partial charge in [0.25, 0.3) is 5.56 Å². The van der Waals surface area contributed by atoms with E-state index in [4.69, 9.17) is 5.10 Å². The van der Waals surface area contributed by atoms with Crippen LogP contribution in [0.1, 0.15) is 11.4 Å². The predicted octanol–water partition coefficient (Wildman–Crippen LogP) is 4.90. The molecule has 0 amide bonds. The first-order valence-corrected chi connectivity index (χ1v) is 10.9. The number of hydrogen-bond donors (Lipinski definition) is 0. The molecule has 0 bridgehead atoms. The van der Waals surface area contributed by atoms with Gasteiger partial charge in [-0.2, -0.15) is 4.68 Å². The molecule has 0 fully saturated rings. The van der Waals surface area contributed by atoms with Crippen LogP contribution >= 0.6 is 11.3 Å². The Labute approximate surface area is 183 Å². The van der Waals surface area contributed by atoms with Crippen molar-refractivity contribution in [2.45, 2.75) is 13.8 Å². The zero-order valence-corrected chi connectivity index (χ0v) is 18.0. The van der Waals surface area contributed by atoms with Gasteiger partial charge in [-0.05, 0) is 43.7 Å². The number of para-hydroxylation sites is 1. The molecular weight excluding hydrogens is 404 g/mol. The summed E-state index contributed by atoms with van der Waals surface area (Å²) in [4.78, 5) is 18.4. The van der Waals surface area contributed by atoms with Crippen LogP contribution in [-0.2, 0) is 0 Å². The number of benzene rings is 3. The van der Waals surface area contributed by atoms with Gasteiger partial charge in [-0.1, -0.05) is 60.2 Å². The van der Waals surface area contributed by atoms with E-state index < -0.39 is 0 Å². The van der Waals surface area contributed by atoms with E-state index in [9.17, 15) is 4.79 Å². The minimum absolute atomic E-state index is 0.173. The van der Waals surface area contributed by atoms with Gasteiger partial charge in [0.2, 0.25) is 4.80 Å². The average Bonchev–Trinajstić information content (AvgIpc) is 3.21. The number of fused-ring (bicyclic) bond motifs is 1. The standard InChI is InChI=1S/C25H20N4OS/c1-17-12-14-20(15-13-17)28-23(19-8-4-3-5-9-19)16-31-25(28)27-29-18(2)26-22-11-7-6-10-21(22)24(29)30/h3-16H,1-2H3/b27-25+. The molecule has 0 unspecified atom stereocenters. The summed E-state index contributed by atoms with van der Waals surface area (Å²) in [5, 5.41) is 7.38. The summed E-state index contributed by atoms with van der Waals surface area (Å²) in [5.74, 6) is 0.550. The molecule has 31 heavy (non-hydrogen) atoms. The summed E-state index contributed by atoms with van der Waals surface area (Å²) < 4.78 is 3.48. The Kier molecular flexibility index (Phi) is 4.84. The molecule has 0 aliphatic rings. The van der Waals surface area contributed by atoms with Crippen LogP contribution in [0.2, 0.25) is 0 Å². The number of hydrogen-bond acceptors (Lipinski definition) is 4. The van der Waals surface area contributed by atoms with Gasteiger partial charge in [-0.3, -0.25) is 9.36 Å². The van der Waals surface area contributed by atoms with Crippen LogP contribution in [0.4, 0.5) is 0 Å². The molecule has 0 spiro atoms. The average molecular weight is 425 g/mol. The zero-order valence-electron chi connectivity index (χ0n) is 17.2. The lowest BCUT2D eigenvalue weighted by Gasteiger charge is -2.10. The van der Waals surface area contributed by atoms with Crippen molar-refractivity contribution in [3.8, 4) is 16.9 Å². The van der Waals surface area contributed by atoms with E-state index in [1.165, 1.54) is 21.6 Å². The van der Waals surface area contributed by atoms with Crippen molar-refractivity contribution in [3.63, 3.8) is 0 Å². The Morgan fingerprint density at radius 2 is 1.58 bits per heavy atom. The summed E-state index contributed by atoms with van der Waals surface area (Å²) in [6.07, 6.45) is 0. The monoisotopic (exact) mass is 424 g/mol. The van der Waals surface area contributed by atoms with Crippen molar-refractivity contribution in [1.82, 2.24) is 14.2 Å². The predicted molar refractivity (Wildman–Crippen MR) is 126 cm³/mol. The molecule has 0 aliphatic heterocycles. The van der Waals surface area contributed by atoms with Crippen LogP contribution in [0.15, 0.2) is 94.1 Å². The van der Waals surface area contributed by atoms with E-state index in [-0.39, 0.29) is 5.56 Å². The van der Waals surface area contributed by atoms with Gasteiger partial charge in [-0.25, -0.2) is 4.98 Å². The summed E-state index contributed by atoms with van der Waals surface area (Å²) >= 11 is 1.50. The Hall–Kier alpha value is -3.77. The van der Waals surface area contributed by atoms with Gasteiger partial charge < -0.3 is 0 Å². The Morgan fingerprint density at radius 3 is 2.35 bits per heavy atom. The van der Waals surface area contributed by atoms with E-state index in [0.29, 0.717) is 21.5 Å². The number of thiazole rings is 1. The quantitative estimate of drug-likeness (QED) is 0.414. The first kappa shape index (κ1) is 19.2. The van der Waals surface area contributed by atoms with Crippen molar-refractivity contribution in [2.24, 2.45) is 5.10 Å². The largest absolute Gasteiger partial charge is 0.284 e. The van der Waals surface area contributed by atoms with E-state index >= 15 is 0 Å². The van der Waals surface area contributed by atoms with E-state index in [1.807, 2.05) is 36.4 Å². The molecule has 0 aliphatic carbocycles. The molecular formula is C25H20N4OS. The second kappa shape index (κ2) is 7.81. The molecule has 5 aromatic rings. The summed E-state index contributed by atoms with van der Waals surface area (Å²) in [6, 6.07) is 25.8. The highest BCUT2D eigenvalue weighted by Gasteiger charge is 2.12. The van der Waals surface area contributed by atoms with Crippen LogP contribution in [0.3, 0.4) is 0 Å². The molecule has 152 valence electrons. The van der Waals surface area contributed by atoms with Crippen molar-refractivity contribution in [1.29, 1.82) is 0 Å². The lowest BCUT2D eigenvalue weighted by molar-refractivity contribution is 0.727. The van der Waals surface area contributed by atoms with Gasteiger partial charge in [0.15, 0.2) is 0 Å². The number of aromatic nitrogens is 3. The molecule has 0 atom stereocenters. The molecule has 3 aromatic carbocycles. The summed E-state index contributed by atoms with van der Waals surface area (Å²) in [7, 11) is 0. The van der Waals surface area contributed by atoms with E-state index in [0.717, 1.165) is 16.9 Å². The van der Waals surface area contributed by atoms with Crippen LogP contribution < -0.4 is 10.4 Å². The third kappa shape index (κ3) is 3.51. The van der Waals surface area contributed by atoms with Crippen LogP contribution in [0.25, 0.3) is 27.8 Å². The minimum Gasteiger partial charge on any atom is -0.284 e. The lowest BCUT2D eigenvalue weighted by atomic mass is 10.1. The third-order valence-corrected chi connectivity index (χ3v) is 5.99. The first-order chi connectivity index (χ1) is 15.1. The van der Waals surface area contributed by atoms with Gasteiger partial charge in [0.05, 0.1) is 16.6 Å². The highest BCUT2D eigenvalue weighted by molar-refractivity contribution is 7.07. The maximum absolute atomic E-state index is 13.1. The molecule has 0 radical (unpaired) electrons. The van der Waals surface area contributed by atoms with Crippen molar-refractivity contribution >= 4 is 22.2 Å². The molecule has 2 aromatic heterocycles. The molecule has 6 heteroatoms. The normalized spacial score (nSPS) is 11.9. The maximum atomic E-state index is 13.1. The van der Waals surface area contributed by atoms with Crippen LogP contribution in [0.5, 0.6) is 0 Å². The van der Waals surface area contributed by atoms with E-state index in [1.54, 1.807) is 13.0 Å². The van der Waals surface area contributed by atoms with Crippen molar-refractivity contribution in [2.75, 3.05) is 0 Å². The molecule has 0 N–H and O–H groups in total. The second-order valence-corrected chi connectivity index (χ2v) is 8.17. The Bertz CT molecular complexity index is 1510. The maximum Gasteiger partial charge on any atom is 0.282 e. The van der Waals surface area contributed by atoms with Gasteiger partial charge in [0.1, 0.15) is 5.82 Å². The zero-order chi connectivity index (χ0) is 21.4. The molecule has 0 saturated heterocycles. The fourth-order valence-electron chi connectivity index (χ4n) is 3.57. The summed E-state index contributed by atoms with van der Waals surface area (Å²) in [5.41, 5.74) is 4.79. The van der Waals surface area contributed by atoms with Crippen molar-refractivity contribution < 1.29 is 0 Å². The highest BCUT2D eigenvalue weighted by Crippen LogP contribution is 2.23. The number of nitrogens with zero attached hydrogens (tertiary/aromatic N) is 4. The fraction of sp³-hybridized carbons (Fsp3) is 0.0800. The summed E-state index contributed by atoms with van der Waals surface area (Å²) in [6.45, 7) is 3.87. The van der Waals surface area contributed by atoms with E-state index in [2.05, 4.69) is 58.3 Å². The minimum atomic E-state index is -0.173. The molecule has 2 heterocycles. The van der Waals surface area contributed by atoms with Gasteiger partial charge in [-0.15, -0.1) is 16.4 Å². The Balaban J connectivity index is 1.80. The molecule has 0 saturated carbocycles.